The Balaban J connectivity index is 2.04. The number of nitrogens with zero attached hydrogens (tertiary/aromatic N) is 2. The lowest BCUT2D eigenvalue weighted by molar-refractivity contribution is 0.418. The van der Waals surface area contributed by atoms with E-state index in [-0.39, 0.29) is 0 Å². The Morgan fingerprint density at radius 1 is 1.24 bits per heavy atom. The van der Waals surface area contributed by atoms with Crippen LogP contribution in [0.4, 0.5) is 0 Å². The van der Waals surface area contributed by atoms with Crippen LogP contribution in [0.25, 0.3) is 0 Å². The first-order valence-corrected chi connectivity index (χ1v) is 8.79. The lowest BCUT2D eigenvalue weighted by Crippen LogP contribution is -2.48. The number of fused-ring (bicyclic) bond motifs is 1. The van der Waals surface area contributed by atoms with E-state index in [4.69, 9.17) is 0 Å². The maximum absolute atomic E-state index is 13.2. The first-order valence-electron chi connectivity index (χ1n) is 7.35. The summed E-state index contributed by atoms with van der Waals surface area (Å²) in [6.45, 7) is 4.99. The lowest BCUT2D eigenvalue weighted by atomic mass is 9.93. The van der Waals surface area contributed by atoms with Crippen molar-refractivity contribution in [3.63, 3.8) is 0 Å². The highest BCUT2D eigenvalue weighted by Crippen LogP contribution is 2.36. The fourth-order valence-electron chi connectivity index (χ4n) is 3.07. The molecule has 2 aliphatic rings. The van der Waals surface area contributed by atoms with Crippen molar-refractivity contribution in [3.05, 3.63) is 35.4 Å². The van der Waals surface area contributed by atoms with Gasteiger partial charge in [-0.25, -0.2) is 8.42 Å². The Morgan fingerprint density at radius 3 is 2.90 bits per heavy atom. The highest BCUT2D eigenvalue weighted by Gasteiger charge is 2.45. The molecular formula is C15H21N3O2S. The smallest absolute Gasteiger partial charge is 0.229 e. The normalized spacial score (nSPS) is 27.1. The van der Waals surface area contributed by atoms with Crippen molar-refractivity contribution < 1.29 is 8.42 Å². The molecule has 1 atom stereocenters. The Hall–Kier alpha value is -1.24. The summed E-state index contributed by atoms with van der Waals surface area (Å²) < 4.78 is 26.9. The average molecular weight is 307 g/mol. The van der Waals surface area contributed by atoms with Gasteiger partial charge in [0.15, 0.2) is 0 Å². The van der Waals surface area contributed by atoms with Crippen LogP contribution in [0.5, 0.6) is 0 Å². The van der Waals surface area contributed by atoms with Crippen LogP contribution >= 0.6 is 0 Å². The molecule has 1 saturated heterocycles. The molecule has 0 radical (unpaired) electrons. The maximum atomic E-state index is 13.2. The van der Waals surface area contributed by atoms with Gasteiger partial charge in [0, 0.05) is 25.8 Å². The van der Waals surface area contributed by atoms with E-state index < -0.39 is 14.8 Å². The number of aliphatic imine (C=N–C) groups is 1. The minimum Gasteiger partial charge on any atom is -0.315 e. The van der Waals surface area contributed by atoms with Gasteiger partial charge in [0.25, 0.3) is 0 Å². The van der Waals surface area contributed by atoms with Gasteiger partial charge >= 0.3 is 0 Å². The monoisotopic (exact) mass is 307 g/mol. The molecular weight excluding hydrogens is 286 g/mol. The summed E-state index contributed by atoms with van der Waals surface area (Å²) in [6, 6.07) is 7.70. The molecule has 0 saturated carbocycles. The molecule has 1 unspecified atom stereocenters. The zero-order valence-corrected chi connectivity index (χ0v) is 13.1. The maximum Gasteiger partial charge on any atom is 0.229 e. The number of hydrogen-bond donors (Lipinski definition) is 1. The minimum absolute atomic E-state index is 0.522. The molecule has 6 heteroatoms. The number of nitrogens with one attached hydrogen (secondary N) is 1. The van der Waals surface area contributed by atoms with Crippen molar-refractivity contribution in [1.82, 2.24) is 9.62 Å². The van der Waals surface area contributed by atoms with Crippen LogP contribution in [0.2, 0.25) is 0 Å². The average Bonchev–Trinajstić information content (AvgIpc) is 2.77. The van der Waals surface area contributed by atoms with Gasteiger partial charge < -0.3 is 5.32 Å². The molecule has 5 nitrogen and oxygen atoms in total. The quantitative estimate of drug-likeness (QED) is 0.890. The first-order chi connectivity index (χ1) is 10.1. The van der Waals surface area contributed by atoms with E-state index in [1.807, 2.05) is 24.3 Å². The first kappa shape index (κ1) is 14.7. The SMILES string of the molecule is CC1(S(=O)(=O)N2CCCNCC2)C=NCc2ccccc21. The van der Waals surface area contributed by atoms with Crippen LogP contribution in [0.15, 0.2) is 29.3 Å². The van der Waals surface area contributed by atoms with E-state index in [0.717, 1.165) is 24.1 Å². The van der Waals surface area contributed by atoms with Crippen molar-refractivity contribution >= 4 is 16.2 Å². The largest absolute Gasteiger partial charge is 0.315 e. The van der Waals surface area contributed by atoms with E-state index in [1.54, 1.807) is 17.4 Å². The molecule has 114 valence electrons. The van der Waals surface area contributed by atoms with Crippen molar-refractivity contribution in [3.8, 4) is 0 Å². The highest BCUT2D eigenvalue weighted by atomic mass is 32.2. The van der Waals surface area contributed by atoms with Gasteiger partial charge in [0.2, 0.25) is 10.0 Å². The third-order valence-corrected chi connectivity index (χ3v) is 6.77. The van der Waals surface area contributed by atoms with Gasteiger partial charge in [-0.2, -0.15) is 4.31 Å². The molecule has 3 rings (SSSR count). The van der Waals surface area contributed by atoms with Gasteiger partial charge in [-0.05, 0) is 31.0 Å². The zero-order valence-electron chi connectivity index (χ0n) is 12.2. The van der Waals surface area contributed by atoms with E-state index in [2.05, 4.69) is 10.3 Å². The van der Waals surface area contributed by atoms with Gasteiger partial charge in [0.05, 0.1) is 6.54 Å². The van der Waals surface area contributed by atoms with Crippen LogP contribution < -0.4 is 5.32 Å². The molecule has 0 aliphatic carbocycles. The summed E-state index contributed by atoms with van der Waals surface area (Å²) in [5, 5.41) is 3.24. The fraction of sp³-hybridized carbons (Fsp3) is 0.533. The molecule has 0 aromatic heterocycles. The summed E-state index contributed by atoms with van der Waals surface area (Å²) in [7, 11) is -3.48. The standard InChI is InChI=1S/C15H21N3O2S/c1-15(12-17-11-13-5-2-3-6-14(13)15)21(19,20)18-9-4-7-16-8-10-18/h2-3,5-6,12,16H,4,7-11H2,1H3. The molecule has 1 aromatic carbocycles. The molecule has 0 amide bonds. The summed E-state index contributed by atoms with van der Waals surface area (Å²) in [4.78, 5) is 4.31. The van der Waals surface area contributed by atoms with Crippen LogP contribution in [-0.2, 0) is 21.3 Å². The molecule has 0 spiro atoms. The second-order valence-electron chi connectivity index (χ2n) is 5.74. The van der Waals surface area contributed by atoms with Gasteiger partial charge in [-0.15, -0.1) is 0 Å². The third kappa shape index (κ3) is 2.41. The molecule has 21 heavy (non-hydrogen) atoms. The molecule has 2 aliphatic heterocycles. The van der Waals surface area contributed by atoms with Gasteiger partial charge in [0.1, 0.15) is 4.75 Å². The van der Waals surface area contributed by atoms with E-state index in [1.165, 1.54) is 0 Å². The molecule has 1 N–H and O–H groups in total. The van der Waals surface area contributed by atoms with E-state index >= 15 is 0 Å². The molecule has 0 bridgehead atoms. The predicted molar refractivity (Wildman–Crippen MR) is 84.0 cm³/mol. The van der Waals surface area contributed by atoms with Crippen LogP contribution in [-0.4, -0.2) is 45.1 Å². The highest BCUT2D eigenvalue weighted by molar-refractivity contribution is 7.90. The van der Waals surface area contributed by atoms with Gasteiger partial charge in [-0.1, -0.05) is 24.3 Å². The minimum atomic E-state index is -3.48. The van der Waals surface area contributed by atoms with E-state index in [0.29, 0.717) is 26.2 Å². The second-order valence-corrected chi connectivity index (χ2v) is 8.06. The predicted octanol–water partition coefficient (Wildman–Crippen LogP) is 1.11. The second kappa shape index (κ2) is 5.51. The summed E-state index contributed by atoms with van der Waals surface area (Å²) in [6.07, 6.45) is 2.46. The zero-order chi connectivity index (χ0) is 14.9. The van der Waals surface area contributed by atoms with E-state index in [9.17, 15) is 8.42 Å². The Bertz CT molecular complexity index is 649. The van der Waals surface area contributed by atoms with Crippen LogP contribution in [0, 0.1) is 0 Å². The fourth-order valence-corrected chi connectivity index (χ4v) is 4.99. The molecule has 1 aromatic rings. The summed E-state index contributed by atoms with van der Waals surface area (Å²) in [5.41, 5.74) is 1.86. The van der Waals surface area contributed by atoms with Crippen molar-refractivity contribution in [1.29, 1.82) is 0 Å². The number of sulfonamides is 1. The number of benzene rings is 1. The number of hydrogen-bond acceptors (Lipinski definition) is 4. The van der Waals surface area contributed by atoms with Crippen molar-refractivity contribution in [2.24, 2.45) is 4.99 Å². The topological polar surface area (TPSA) is 61.8 Å². The van der Waals surface area contributed by atoms with Crippen molar-refractivity contribution in [2.45, 2.75) is 24.6 Å². The van der Waals surface area contributed by atoms with Gasteiger partial charge in [-0.3, -0.25) is 4.99 Å². The molecule has 2 heterocycles. The Kier molecular flexibility index (Phi) is 3.86. The van der Waals surface area contributed by atoms with Crippen molar-refractivity contribution in [2.75, 3.05) is 26.2 Å². The van der Waals surface area contributed by atoms with Crippen LogP contribution in [0.3, 0.4) is 0 Å². The Morgan fingerprint density at radius 2 is 2.05 bits per heavy atom. The Labute approximate surface area is 126 Å². The third-order valence-electron chi connectivity index (χ3n) is 4.33. The van der Waals surface area contributed by atoms with Crippen LogP contribution in [0.1, 0.15) is 24.5 Å². The number of rotatable bonds is 2. The summed E-state index contributed by atoms with van der Waals surface area (Å²) in [5.74, 6) is 0. The lowest BCUT2D eigenvalue weighted by Gasteiger charge is -2.35. The summed E-state index contributed by atoms with van der Waals surface area (Å²) >= 11 is 0. The molecule has 1 fully saturated rings.